The molecule has 4 aromatic rings. The van der Waals surface area contributed by atoms with Gasteiger partial charge in [0.15, 0.2) is 5.13 Å². The summed E-state index contributed by atoms with van der Waals surface area (Å²) >= 11 is 1.50. The van der Waals surface area contributed by atoms with E-state index in [-0.39, 0.29) is 5.92 Å². The second-order valence-electron chi connectivity index (χ2n) is 7.66. The van der Waals surface area contributed by atoms with Gasteiger partial charge in [0.05, 0.1) is 0 Å². The molecule has 0 fully saturated rings. The van der Waals surface area contributed by atoms with Crippen LogP contribution in [0.4, 0.5) is 10.8 Å². The summed E-state index contributed by atoms with van der Waals surface area (Å²) in [6.07, 6.45) is 1.75. The third-order valence-electron chi connectivity index (χ3n) is 5.00. The van der Waals surface area contributed by atoms with E-state index in [4.69, 9.17) is 0 Å². The number of aromatic nitrogens is 2. The van der Waals surface area contributed by atoms with Crippen molar-refractivity contribution in [2.45, 2.75) is 19.9 Å². The highest BCUT2D eigenvalue weighted by Crippen LogP contribution is 2.28. The fraction of sp³-hybridized carbons (Fsp3) is 0.167. The Labute approximate surface area is 189 Å². The van der Waals surface area contributed by atoms with Gasteiger partial charge in [-0.2, -0.15) is 0 Å². The molecule has 3 N–H and O–H groups in total. The first-order chi connectivity index (χ1) is 15.4. The van der Waals surface area contributed by atoms with Gasteiger partial charge in [0.1, 0.15) is 16.4 Å². The van der Waals surface area contributed by atoms with Gasteiger partial charge >= 0.3 is 5.97 Å². The molecule has 2 aromatic carbocycles. The number of carbonyl (C=O) groups excluding carboxylic acids is 1. The van der Waals surface area contributed by atoms with Crippen LogP contribution in [-0.2, 0) is 4.79 Å². The molecule has 0 saturated carbocycles. The minimum absolute atomic E-state index is 0.207. The standard InChI is InChI=1S/C24H22N4O3S/c1-14(2)20(23(30)31)28-21(29)17-7-5-15(6-8-17)16-9-11-18(12-10-16)26-24-27-19-4-3-13-25-22(19)32-24/h3-14,20H,1-2H3,(H,26,27)(H,28,29)(H,30,31)/t20-/m0/s1. The lowest BCUT2D eigenvalue weighted by Crippen LogP contribution is -2.44. The number of carbonyl (C=O) groups is 2. The number of nitrogens with one attached hydrogen (secondary N) is 2. The van der Waals surface area contributed by atoms with Crippen molar-refractivity contribution < 1.29 is 14.7 Å². The van der Waals surface area contributed by atoms with Crippen molar-refractivity contribution >= 4 is 44.4 Å². The molecule has 1 atom stereocenters. The predicted octanol–water partition coefficient (Wildman–Crippen LogP) is 4.94. The van der Waals surface area contributed by atoms with Gasteiger partial charge in [-0.1, -0.05) is 49.4 Å². The highest BCUT2D eigenvalue weighted by atomic mass is 32.1. The molecule has 0 aliphatic carbocycles. The van der Waals surface area contributed by atoms with Crippen LogP contribution in [0.25, 0.3) is 21.5 Å². The lowest BCUT2D eigenvalue weighted by Gasteiger charge is -2.18. The monoisotopic (exact) mass is 446 g/mol. The summed E-state index contributed by atoms with van der Waals surface area (Å²) in [5.41, 5.74) is 4.15. The molecule has 0 radical (unpaired) electrons. The van der Waals surface area contributed by atoms with Crippen LogP contribution in [0, 0.1) is 5.92 Å². The fourth-order valence-corrected chi connectivity index (χ4v) is 4.07. The predicted molar refractivity (Wildman–Crippen MR) is 126 cm³/mol. The molecule has 0 saturated heterocycles. The number of nitrogens with zero attached hydrogens (tertiary/aromatic N) is 2. The van der Waals surface area contributed by atoms with Crippen LogP contribution in [0.5, 0.6) is 0 Å². The van der Waals surface area contributed by atoms with E-state index in [2.05, 4.69) is 20.6 Å². The number of pyridine rings is 1. The Morgan fingerprint density at radius 3 is 2.22 bits per heavy atom. The SMILES string of the molecule is CC(C)[C@H](NC(=O)c1ccc(-c2ccc(Nc3nc4cccnc4s3)cc2)cc1)C(=O)O. The Bertz CT molecular complexity index is 1220. The van der Waals surface area contributed by atoms with E-state index in [0.29, 0.717) is 5.56 Å². The molecule has 162 valence electrons. The average molecular weight is 447 g/mol. The zero-order valence-corrected chi connectivity index (χ0v) is 18.4. The third-order valence-corrected chi connectivity index (χ3v) is 5.90. The second kappa shape index (κ2) is 9.15. The highest BCUT2D eigenvalue weighted by Gasteiger charge is 2.23. The molecule has 7 nitrogen and oxygen atoms in total. The van der Waals surface area contributed by atoms with E-state index in [9.17, 15) is 14.7 Å². The van der Waals surface area contributed by atoms with Crippen LogP contribution in [-0.4, -0.2) is 33.0 Å². The molecular weight excluding hydrogens is 424 g/mol. The number of thiazole rings is 1. The number of hydrogen-bond donors (Lipinski definition) is 3. The lowest BCUT2D eigenvalue weighted by atomic mass is 10.0. The number of carboxylic acids is 1. The van der Waals surface area contributed by atoms with Gasteiger partial charge in [0, 0.05) is 17.4 Å². The van der Waals surface area contributed by atoms with Crippen LogP contribution in [0.15, 0.2) is 66.9 Å². The molecule has 4 rings (SSSR count). The van der Waals surface area contributed by atoms with Crippen molar-refractivity contribution in [2.24, 2.45) is 5.92 Å². The van der Waals surface area contributed by atoms with Crippen LogP contribution in [0.2, 0.25) is 0 Å². The summed E-state index contributed by atoms with van der Waals surface area (Å²) in [4.78, 5) is 33.4. The van der Waals surface area contributed by atoms with Gasteiger partial charge in [0.25, 0.3) is 5.91 Å². The molecule has 32 heavy (non-hydrogen) atoms. The van der Waals surface area contributed by atoms with Crippen LogP contribution in [0.1, 0.15) is 24.2 Å². The van der Waals surface area contributed by atoms with E-state index in [1.165, 1.54) is 11.3 Å². The topological polar surface area (TPSA) is 104 Å². The number of rotatable bonds is 7. The van der Waals surface area contributed by atoms with Crippen molar-refractivity contribution in [3.05, 3.63) is 72.4 Å². The first-order valence-electron chi connectivity index (χ1n) is 10.1. The first kappa shape index (κ1) is 21.5. The minimum atomic E-state index is -1.04. The number of hydrogen-bond acceptors (Lipinski definition) is 6. The fourth-order valence-electron chi connectivity index (χ4n) is 3.24. The molecular formula is C24H22N4O3S. The first-order valence-corrected chi connectivity index (χ1v) is 10.9. The van der Waals surface area contributed by atoms with Gasteiger partial charge < -0.3 is 15.7 Å². The molecule has 2 heterocycles. The maximum atomic E-state index is 12.4. The Hall–Kier alpha value is -3.78. The van der Waals surface area contributed by atoms with E-state index in [1.807, 2.05) is 48.5 Å². The number of anilines is 2. The van der Waals surface area contributed by atoms with Gasteiger partial charge in [-0.25, -0.2) is 14.8 Å². The van der Waals surface area contributed by atoms with Crippen molar-refractivity contribution in [3.63, 3.8) is 0 Å². The van der Waals surface area contributed by atoms with E-state index >= 15 is 0 Å². The number of aliphatic carboxylic acids is 1. The van der Waals surface area contributed by atoms with Crippen LogP contribution in [0.3, 0.4) is 0 Å². The number of benzene rings is 2. The summed E-state index contributed by atoms with van der Waals surface area (Å²) in [5, 5.41) is 15.9. The summed E-state index contributed by atoms with van der Waals surface area (Å²) in [7, 11) is 0. The molecule has 0 aliphatic heterocycles. The minimum Gasteiger partial charge on any atom is -0.480 e. The number of fused-ring (bicyclic) bond motifs is 1. The van der Waals surface area contributed by atoms with Crippen molar-refractivity contribution in [2.75, 3.05) is 5.32 Å². The summed E-state index contributed by atoms with van der Waals surface area (Å²) in [6.45, 7) is 3.52. The van der Waals surface area contributed by atoms with Crippen molar-refractivity contribution in [1.82, 2.24) is 15.3 Å². The molecule has 8 heteroatoms. The van der Waals surface area contributed by atoms with Crippen LogP contribution < -0.4 is 10.6 Å². The zero-order chi connectivity index (χ0) is 22.7. The molecule has 0 unspecified atom stereocenters. The summed E-state index contributed by atoms with van der Waals surface area (Å²) < 4.78 is 0. The van der Waals surface area contributed by atoms with Crippen molar-refractivity contribution in [1.29, 1.82) is 0 Å². The van der Waals surface area contributed by atoms with E-state index in [1.54, 1.807) is 32.2 Å². The second-order valence-corrected chi connectivity index (χ2v) is 8.64. The Balaban J connectivity index is 1.43. The third kappa shape index (κ3) is 4.76. The average Bonchev–Trinajstić information content (AvgIpc) is 3.20. The molecule has 0 bridgehead atoms. The lowest BCUT2D eigenvalue weighted by molar-refractivity contribution is -0.140. The maximum Gasteiger partial charge on any atom is 0.326 e. The molecule has 0 spiro atoms. The van der Waals surface area contributed by atoms with Gasteiger partial charge in [-0.05, 0) is 53.4 Å². The smallest absolute Gasteiger partial charge is 0.326 e. The molecule has 1 amide bonds. The summed E-state index contributed by atoms with van der Waals surface area (Å²) in [5.74, 6) is -1.65. The Morgan fingerprint density at radius 1 is 0.969 bits per heavy atom. The van der Waals surface area contributed by atoms with E-state index in [0.717, 1.165) is 32.3 Å². The number of carboxylic acid groups (broad SMARTS) is 1. The van der Waals surface area contributed by atoms with Crippen LogP contribution >= 0.6 is 11.3 Å². The van der Waals surface area contributed by atoms with E-state index < -0.39 is 17.9 Å². The Morgan fingerprint density at radius 2 is 1.62 bits per heavy atom. The quantitative estimate of drug-likeness (QED) is 0.371. The summed E-state index contributed by atoms with van der Waals surface area (Å²) in [6, 6.07) is 17.9. The van der Waals surface area contributed by atoms with Crippen molar-refractivity contribution in [3.8, 4) is 11.1 Å². The largest absolute Gasteiger partial charge is 0.480 e. The van der Waals surface area contributed by atoms with Gasteiger partial charge in [-0.3, -0.25) is 4.79 Å². The molecule has 2 aromatic heterocycles. The number of amides is 1. The highest BCUT2D eigenvalue weighted by molar-refractivity contribution is 7.21. The van der Waals surface area contributed by atoms with Gasteiger partial charge in [-0.15, -0.1) is 0 Å². The zero-order valence-electron chi connectivity index (χ0n) is 17.6. The Kier molecular flexibility index (Phi) is 6.13. The normalized spacial score (nSPS) is 12.0. The molecule has 0 aliphatic rings. The van der Waals surface area contributed by atoms with Gasteiger partial charge in [0.2, 0.25) is 0 Å². The maximum absolute atomic E-state index is 12.4.